The molecule has 1 aromatic carbocycles. The highest BCUT2D eigenvalue weighted by Crippen LogP contribution is 2.32. The van der Waals surface area contributed by atoms with Gasteiger partial charge in [-0.2, -0.15) is 0 Å². The summed E-state index contributed by atoms with van der Waals surface area (Å²) in [5, 5.41) is 1.19. The van der Waals surface area contributed by atoms with Crippen LogP contribution in [0.5, 0.6) is 0 Å². The highest BCUT2D eigenvalue weighted by Gasteiger charge is 2.28. The molecule has 0 amide bonds. The molecule has 100 valence electrons. The summed E-state index contributed by atoms with van der Waals surface area (Å²) >= 11 is 0. The summed E-state index contributed by atoms with van der Waals surface area (Å²) < 4.78 is 5.12. The van der Waals surface area contributed by atoms with Crippen molar-refractivity contribution in [1.82, 2.24) is 4.98 Å². The molecule has 0 saturated carbocycles. The summed E-state index contributed by atoms with van der Waals surface area (Å²) in [5.74, 6) is -0.0934. The molecule has 3 N–H and O–H groups in total. The molecule has 1 aromatic heterocycles. The molecular formula is C15H18N2O2. The molecule has 0 spiro atoms. The molecule has 0 aliphatic heterocycles. The zero-order valence-electron chi connectivity index (χ0n) is 11.0. The van der Waals surface area contributed by atoms with E-state index in [1.54, 1.807) is 0 Å². The Morgan fingerprint density at radius 3 is 3.16 bits per heavy atom. The van der Waals surface area contributed by atoms with E-state index in [9.17, 15) is 4.79 Å². The Bertz CT molecular complexity index is 630. The van der Waals surface area contributed by atoms with Crippen molar-refractivity contribution in [1.29, 1.82) is 0 Å². The number of H-pyrrole nitrogens is 1. The molecule has 0 bridgehead atoms. The van der Waals surface area contributed by atoms with Crippen molar-refractivity contribution in [2.75, 3.05) is 12.3 Å². The van der Waals surface area contributed by atoms with Gasteiger partial charge < -0.3 is 15.5 Å². The van der Waals surface area contributed by atoms with Gasteiger partial charge in [-0.1, -0.05) is 0 Å². The predicted octanol–water partition coefficient (Wildman–Crippen LogP) is 2.42. The fraction of sp³-hybridized carbons (Fsp3) is 0.400. The molecule has 1 atom stereocenters. The first-order valence-corrected chi connectivity index (χ1v) is 6.74. The van der Waals surface area contributed by atoms with Gasteiger partial charge in [0.1, 0.15) is 0 Å². The summed E-state index contributed by atoms with van der Waals surface area (Å²) in [4.78, 5) is 15.2. The van der Waals surface area contributed by atoms with Gasteiger partial charge in [0.2, 0.25) is 0 Å². The number of aryl methyl sites for hydroxylation is 1. The van der Waals surface area contributed by atoms with Crippen LogP contribution in [-0.4, -0.2) is 17.6 Å². The number of carbonyl (C=O) groups excluding carboxylic acids is 1. The molecule has 0 saturated heterocycles. The second-order valence-electron chi connectivity index (χ2n) is 5.08. The number of aromatic nitrogens is 1. The smallest absolute Gasteiger partial charge is 0.309 e. The van der Waals surface area contributed by atoms with E-state index in [1.807, 2.05) is 25.1 Å². The maximum Gasteiger partial charge on any atom is 0.309 e. The van der Waals surface area contributed by atoms with Crippen LogP contribution in [0.3, 0.4) is 0 Å². The maximum absolute atomic E-state index is 11.8. The Hall–Kier alpha value is -1.97. The minimum atomic E-state index is -0.0775. The number of hydrogen-bond acceptors (Lipinski definition) is 3. The second kappa shape index (κ2) is 4.61. The van der Waals surface area contributed by atoms with Crippen LogP contribution in [0, 0.1) is 5.92 Å². The van der Waals surface area contributed by atoms with Crippen LogP contribution in [0.2, 0.25) is 0 Å². The van der Waals surface area contributed by atoms with Gasteiger partial charge in [0, 0.05) is 28.7 Å². The van der Waals surface area contributed by atoms with Gasteiger partial charge in [-0.05, 0) is 43.5 Å². The SMILES string of the molecule is CCOC(=O)C1CCc2c([nH]c3ccc(N)cc23)C1. The number of nitrogens with one attached hydrogen (secondary N) is 1. The lowest BCUT2D eigenvalue weighted by molar-refractivity contribution is -0.148. The molecule has 0 fully saturated rings. The van der Waals surface area contributed by atoms with Crippen molar-refractivity contribution in [2.24, 2.45) is 5.92 Å². The van der Waals surface area contributed by atoms with Gasteiger partial charge in [0.15, 0.2) is 0 Å². The number of carbonyl (C=O) groups is 1. The number of rotatable bonds is 2. The largest absolute Gasteiger partial charge is 0.466 e. The molecule has 0 radical (unpaired) electrons. The lowest BCUT2D eigenvalue weighted by Crippen LogP contribution is -2.24. The topological polar surface area (TPSA) is 68.1 Å². The van der Waals surface area contributed by atoms with Gasteiger partial charge in [0.25, 0.3) is 0 Å². The van der Waals surface area contributed by atoms with Crippen molar-refractivity contribution in [3.05, 3.63) is 29.5 Å². The number of aromatic amines is 1. The number of nitrogens with two attached hydrogens (primary N) is 1. The molecule has 2 aromatic rings. The highest BCUT2D eigenvalue weighted by atomic mass is 16.5. The normalized spacial score (nSPS) is 18.3. The highest BCUT2D eigenvalue weighted by molar-refractivity contribution is 5.88. The number of nitrogen functional groups attached to an aromatic ring is 1. The van der Waals surface area contributed by atoms with Crippen molar-refractivity contribution in [3.63, 3.8) is 0 Å². The Balaban J connectivity index is 1.93. The van der Waals surface area contributed by atoms with E-state index in [1.165, 1.54) is 10.9 Å². The third kappa shape index (κ3) is 2.07. The minimum Gasteiger partial charge on any atom is -0.466 e. The van der Waals surface area contributed by atoms with E-state index in [0.29, 0.717) is 6.61 Å². The van der Waals surface area contributed by atoms with Crippen LogP contribution in [0.4, 0.5) is 5.69 Å². The number of benzene rings is 1. The van der Waals surface area contributed by atoms with Gasteiger partial charge in [-0.15, -0.1) is 0 Å². The standard InChI is InChI=1S/C15H18N2O2/c1-2-19-15(18)9-3-5-11-12-8-10(16)4-6-13(12)17-14(11)7-9/h4,6,8-9,17H,2-3,5,7,16H2,1H3. The van der Waals surface area contributed by atoms with E-state index in [4.69, 9.17) is 10.5 Å². The average Bonchev–Trinajstić information content (AvgIpc) is 2.76. The molecule has 1 aliphatic rings. The van der Waals surface area contributed by atoms with E-state index < -0.39 is 0 Å². The fourth-order valence-electron chi connectivity index (χ4n) is 2.91. The number of hydrogen-bond donors (Lipinski definition) is 2. The molecular weight excluding hydrogens is 240 g/mol. The Labute approximate surface area is 111 Å². The lowest BCUT2D eigenvalue weighted by Gasteiger charge is -2.20. The second-order valence-corrected chi connectivity index (χ2v) is 5.08. The van der Waals surface area contributed by atoms with Crippen LogP contribution in [-0.2, 0) is 22.4 Å². The van der Waals surface area contributed by atoms with Crippen LogP contribution in [0.15, 0.2) is 18.2 Å². The van der Waals surface area contributed by atoms with Gasteiger partial charge >= 0.3 is 5.97 Å². The van der Waals surface area contributed by atoms with Crippen LogP contribution in [0.25, 0.3) is 10.9 Å². The van der Waals surface area contributed by atoms with Crippen LogP contribution >= 0.6 is 0 Å². The summed E-state index contributed by atoms with van der Waals surface area (Å²) in [7, 11) is 0. The zero-order valence-corrected chi connectivity index (χ0v) is 11.0. The third-order valence-electron chi connectivity index (χ3n) is 3.83. The van der Waals surface area contributed by atoms with E-state index in [2.05, 4.69) is 4.98 Å². The van der Waals surface area contributed by atoms with Crippen molar-refractivity contribution in [3.8, 4) is 0 Å². The van der Waals surface area contributed by atoms with Crippen LogP contribution < -0.4 is 5.73 Å². The summed E-state index contributed by atoms with van der Waals surface area (Å²) in [6.45, 7) is 2.29. The number of anilines is 1. The summed E-state index contributed by atoms with van der Waals surface area (Å²) in [5.41, 5.74) is 10.2. The van der Waals surface area contributed by atoms with Crippen molar-refractivity contribution >= 4 is 22.6 Å². The predicted molar refractivity (Wildman–Crippen MR) is 74.9 cm³/mol. The van der Waals surface area contributed by atoms with Crippen molar-refractivity contribution in [2.45, 2.75) is 26.2 Å². The molecule has 1 heterocycles. The lowest BCUT2D eigenvalue weighted by atomic mass is 9.87. The molecule has 19 heavy (non-hydrogen) atoms. The van der Waals surface area contributed by atoms with Gasteiger partial charge in [-0.25, -0.2) is 0 Å². The number of fused-ring (bicyclic) bond motifs is 3. The average molecular weight is 258 g/mol. The number of esters is 1. The molecule has 1 aliphatic carbocycles. The summed E-state index contributed by atoms with van der Waals surface area (Å²) in [6.07, 6.45) is 2.50. The first-order chi connectivity index (χ1) is 9.19. The molecule has 1 unspecified atom stereocenters. The minimum absolute atomic E-state index is 0.0159. The quantitative estimate of drug-likeness (QED) is 0.642. The maximum atomic E-state index is 11.8. The first kappa shape index (κ1) is 12.1. The van der Waals surface area contributed by atoms with Gasteiger partial charge in [0.05, 0.1) is 12.5 Å². The van der Waals surface area contributed by atoms with E-state index in [0.717, 1.165) is 36.2 Å². The first-order valence-electron chi connectivity index (χ1n) is 6.74. The van der Waals surface area contributed by atoms with Crippen LogP contribution in [0.1, 0.15) is 24.6 Å². The van der Waals surface area contributed by atoms with E-state index >= 15 is 0 Å². The summed E-state index contributed by atoms with van der Waals surface area (Å²) in [6, 6.07) is 5.91. The third-order valence-corrected chi connectivity index (χ3v) is 3.83. The number of ether oxygens (including phenoxy) is 1. The molecule has 4 nitrogen and oxygen atoms in total. The fourth-order valence-corrected chi connectivity index (χ4v) is 2.91. The monoisotopic (exact) mass is 258 g/mol. The Kier molecular flexibility index (Phi) is 2.93. The Morgan fingerprint density at radius 2 is 2.37 bits per heavy atom. The molecule has 3 rings (SSSR count). The van der Waals surface area contributed by atoms with Gasteiger partial charge in [-0.3, -0.25) is 4.79 Å². The van der Waals surface area contributed by atoms with E-state index in [-0.39, 0.29) is 11.9 Å². The van der Waals surface area contributed by atoms with Crippen molar-refractivity contribution < 1.29 is 9.53 Å². The Morgan fingerprint density at radius 1 is 1.53 bits per heavy atom. The zero-order chi connectivity index (χ0) is 13.4. The molecule has 4 heteroatoms.